The first-order valence-electron chi connectivity index (χ1n) is 24.0. The third-order valence-corrected chi connectivity index (χ3v) is 11.9. The highest BCUT2D eigenvalue weighted by Crippen LogP contribution is 2.23. The SMILES string of the molecule is CCCCCCCCCCCCCCCCCCCCC(CCCCC(CCCCCCCCCCCCCCCCCCCC)C(=O)O)C(N)=O. The van der Waals surface area contributed by atoms with Crippen LogP contribution in [0.5, 0.6) is 0 Å². The standard InChI is InChI=1S/C48H95NO3/c1-3-5-7-9-11-13-15-17-19-21-23-25-27-29-31-33-35-37-41-45(47(49)50)42-39-40-44-46(48(51)52)43-38-36-34-32-30-28-26-24-22-20-18-16-14-12-10-8-6-4-2/h45-46H,3-44H2,1-2H3,(H2,49,50)(H,51,52). The lowest BCUT2D eigenvalue weighted by atomic mass is 9.91. The van der Waals surface area contributed by atoms with E-state index in [9.17, 15) is 14.7 Å². The van der Waals surface area contributed by atoms with Crippen LogP contribution in [0.3, 0.4) is 0 Å². The molecule has 0 spiro atoms. The molecule has 4 nitrogen and oxygen atoms in total. The minimum Gasteiger partial charge on any atom is -0.481 e. The van der Waals surface area contributed by atoms with E-state index in [0.717, 1.165) is 57.8 Å². The molecule has 0 aliphatic heterocycles. The maximum Gasteiger partial charge on any atom is 0.306 e. The van der Waals surface area contributed by atoms with E-state index in [1.807, 2.05) is 0 Å². The van der Waals surface area contributed by atoms with Crippen molar-refractivity contribution in [2.45, 2.75) is 284 Å². The Morgan fingerprint density at radius 1 is 0.327 bits per heavy atom. The van der Waals surface area contributed by atoms with Gasteiger partial charge in [0.15, 0.2) is 0 Å². The van der Waals surface area contributed by atoms with E-state index in [-0.39, 0.29) is 17.7 Å². The summed E-state index contributed by atoms with van der Waals surface area (Å²) in [6, 6.07) is 0. The Balaban J connectivity index is 3.63. The summed E-state index contributed by atoms with van der Waals surface area (Å²) in [6.45, 7) is 4.58. The second kappa shape index (κ2) is 42.7. The van der Waals surface area contributed by atoms with Gasteiger partial charge in [-0.1, -0.05) is 258 Å². The molecule has 310 valence electrons. The maximum atomic E-state index is 12.1. The molecular weight excluding hydrogens is 639 g/mol. The number of amides is 1. The molecule has 0 fully saturated rings. The van der Waals surface area contributed by atoms with Crippen molar-refractivity contribution in [1.82, 2.24) is 0 Å². The van der Waals surface area contributed by atoms with Gasteiger partial charge in [-0.05, 0) is 25.7 Å². The summed E-state index contributed by atoms with van der Waals surface area (Å²) in [4.78, 5) is 23.9. The quantitative estimate of drug-likeness (QED) is 0.0612. The molecule has 0 rings (SSSR count). The fraction of sp³-hybridized carbons (Fsp3) is 0.958. The van der Waals surface area contributed by atoms with Crippen molar-refractivity contribution in [3.05, 3.63) is 0 Å². The molecule has 52 heavy (non-hydrogen) atoms. The van der Waals surface area contributed by atoms with Crippen molar-refractivity contribution in [3.8, 4) is 0 Å². The number of carbonyl (C=O) groups is 2. The van der Waals surface area contributed by atoms with Crippen LogP contribution in [0.15, 0.2) is 0 Å². The van der Waals surface area contributed by atoms with Crippen LogP contribution in [-0.2, 0) is 9.59 Å². The molecule has 0 radical (unpaired) electrons. The number of hydrogen-bond acceptors (Lipinski definition) is 2. The molecular formula is C48H95NO3. The van der Waals surface area contributed by atoms with Crippen LogP contribution >= 0.6 is 0 Å². The molecule has 4 heteroatoms. The van der Waals surface area contributed by atoms with Crippen molar-refractivity contribution < 1.29 is 14.7 Å². The van der Waals surface area contributed by atoms with Gasteiger partial charge >= 0.3 is 5.97 Å². The highest BCUT2D eigenvalue weighted by Gasteiger charge is 2.18. The van der Waals surface area contributed by atoms with Gasteiger partial charge in [-0.15, -0.1) is 0 Å². The lowest BCUT2D eigenvalue weighted by Crippen LogP contribution is -2.23. The van der Waals surface area contributed by atoms with E-state index >= 15 is 0 Å². The molecule has 0 saturated heterocycles. The fourth-order valence-electron chi connectivity index (χ4n) is 8.19. The first-order valence-corrected chi connectivity index (χ1v) is 24.0. The van der Waals surface area contributed by atoms with Crippen LogP contribution in [0.2, 0.25) is 0 Å². The first-order chi connectivity index (χ1) is 25.5. The van der Waals surface area contributed by atoms with Gasteiger partial charge in [0.05, 0.1) is 5.92 Å². The number of primary amides is 1. The highest BCUT2D eigenvalue weighted by atomic mass is 16.4. The van der Waals surface area contributed by atoms with E-state index < -0.39 is 5.97 Å². The molecule has 2 unspecified atom stereocenters. The van der Waals surface area contributed by atoms with Gasteiger partial charge in [-0.25, -0.2) is 0 Å². The minimum absolute atomic E-state index is 0.0424. The molecule has 2 atom stereocenters. The molecule has 0 aromatic heterocycles. The average Bonchev–Trinajstić information content (AvgIpc) is 3.13. The predicted molar refractivity (Wildman–Crippen MR) is 229 cm³/mol. The summed E-state index contributed by atoms with van der Waals surface area (Å²) in [5.41, 5.74) is 5.75. The van der Waals surface area contributed by atoms with Crippen LogP contribution in [0.1, 0.15) is 284 Å². The Hall–Kier alpha value is -1.06. The zero-order valence-electron chi connectivity index (χ0n) is 35.7. The van der Waals surface area contributed by atoms with Crippen LogP contribution in [0.4, 0.5) is 0 Å². The number of hydrogen-bond donors (Lipinski definition) is 2. The lowest BCUT2D eigenvalue weighted by molar-refractivity contribution is -0.142. The van der Waals surface area contributed by atoms with Crippen molar-refractivity contribution in [2.75, 3.05) is 0 Å². The number of unbranched alkanes of at least 4 members (excludes halogenated alkanes) is 35. The highest BCUT2D eigenvalue weighted by molar-refractivity contribution is 5.76. The topological polar surface area (TPSA) is 80.4 Å². The Labute approximate surface area is 326 Å². The molecule has 0 aromatic carbocycles. The number of carboxylic acid groups (broad SMARTS) is 1. The van der Waals surface area contributed by atoms with Gasteiger partial charge < -0.3 is 10.8 Å². The second-order valence-electron chi connectivity index (χ2n) is 17.0. The monoisotopic (exact) mass is 734 g/mol. The number of aliphatic carboxylic acids is 1. The Morgan fingerprint density at radius 2 is 0.500 bits per heavy atom. The summed E-state index contributed by atoms with van der Waals surface area (Å²) in [7, 11) is 0. The molecule has 0 aromatic rings. The molecule has 1 amide bonds. The summed E-state index contributed by atoms with van der Waals surface area (Å²) in [6.07, 6.45) is 54.1. The van der Waals surface area contributed by atoms with Crippen LogP contribution in [-0.4, -0.2) is 17.0 Å². The van der Waals surface area contributed by atoms with E-state index in [0.29, 0.717) is 0 Å². The summed E-state index contributed by atoms with van der Waals surface area (Å²) >= 11 is 0. The number of nitrogens with two attached hydrogens (primary N) is 1. The van der Waals surface area contributed by atoms with Gasteiger partial charge in [-0.2, -0.15) is 0 Å². The van der Waals surface area contributed by atoms with Gasteiger partial charge in [0.25, 0.3) is 0 Å². The summed E-state index contributed by atoms with van der Waals surface area (Å²) < 4.78 is 0. The maximum absolute atomic E-state index is 12.1. The van der Waals surface area contributed by atoms with Gasteiger partial charge in [0, 0.05) is 5.92 Å². The Kier molecular flexibility index (Phi) is 41.8. The van der Waals surface area contributed by atoms with E-state index in [4.69, 9.17) is 5.73 Å². The normalized spacial score (nSPS) is 12.7. The number of carboxylic acids is 1. The van der Waals surface area contributed by atoms with E-state index in [1.165, 1.54) is 212 Å². The van der Waals surface area contributed by atoms with Crippen molar-refractivity contribution in [1.29, 1.82) is 0 Å². The lowest BCUT2D eigenvalue weighted by Gasteiger charge is -2.15. The zero-order valence-corrected chi connectivity index (χ0v) is 35.7. The minimum atomic E-state index is -0.641. The second-order valence-corrected chi connectivity index (χ2v) is 17.0. The smallest absolute Gasteiger partial charge is 0.306 e. The average molecular weight is 734 g/mol. The number of carbonyl (C=O) groups excluding carboxylic acids is 1. The van der Waals surface area contributed by atoms with Crippen LogP contribution < -0.4 is 5.73 Å². The molecule has 0 aliphatic carbocycles. The third-order valence-electron chi connectivity index (χ3n) is 11.9. The Bertz CT molecular complexity index is 664. The van der Waals surface area contributed by atoms with Gasteiger partial charge in [0.1, 0.15) is 0 Å². The van der Waals surface area contributed by atoms with Crippen molar-refractivity contribution >= 4 is 11.9 Å². The van der Waals surface area contributed by atoms with Crippen molar-refractivity contribution in [3.63, 3.8) is 0 Å². The molecule has 0 saturated carbocycles. The van der Waals surface area contributed by atoms with Gasteiger partial charge in [-0.3, -0.25) is 9.59 Å². The molecule has 0 aliphatic rings. The summed E-state index contributed by atoms with van der Waals surface area (Å²) in [5.74, 6) is -1.08. The summed E-state index contributed by atoms with van der Waals surface area (Å²) in [5, 5.41) is 9.76. The third kappa shape index (κ3) is 38.7. The van der Waals surface area contributed by atoms with E-state index in [2.05, 4.69) is 13.8 Å². The van der Waals surface area contributed by atoms with E-state index in [1.54, 1.807) is 0 Å². The fourth-order valence-corrected chi connectivity index (χ4v) is 8.19. The Morgan fingerprint density at radius 3 is 0.692 bits per heavy atom. The number of rotatable bonds is 45. The molecule has 0 bridgehead atoms. The van der Waals surface area contributed by atoms with Crippen LogP contribution in [0.25, 0.3) is 0 Å². The van der Waals surface area contributed by atoms with Crippen molar-refractivity contribution in [2.24, 2.45) is 17.6 Å². The largest absolute Gasteiger partial charge is 0.481 e. The van der Waals surface area contributed by atoms with Gasteiger partial charge in [0.2, 0.25) is 5.91 Å². The predicted octanol–water partition coefficient (Wildman–Crippen LogP) is 16.2. The zero-order chi connectivity index (χ0) is 38.0. The molecule has 3 N–H and O–H groups in total. The van der Waals surface area contributed by atoms with Crippen LogP contribution in [0, 0.1) is 11.8 Å². The molecule has 0 heterocycles. The first kappa shape index (κ1) is 50.9.